The molecule has 0 amide bonds. The van der Waals surface area contributed by atoms with Crippen LogP contribution in [0, 0.1) is 23.7 Å². The van der Waals surface area contributed by atoms with Gasteiger partial charge >= 0.3 is 5.97 Å². The Balaban J connectivity index is 2.62. The third-order valence-electron chi connectivity index (χ3n) is 9.01. The summed E-state index contributed by atoms with van der Waals surface area (Å²) >= 11 is 0. The second kappa shape index (κ2) is 13.6. The van der Waals surface area contributed by atoms with Crippen molar-refractivity contribution in [3.8, 4) is 0 Å². The number of esters is 1. The van der Waals surface area contributed by atoms with E-state index in [4.69, 9.17) is 18.9 Å². The number of hydrogen-bond donors (Lipinski definition) is 1. The van der Waals surface area contributed by atoms with Gasteiger partial charge in [0.2, 0.25) is 0 Å². The fourth-order valence-corrected chi connectivity index (χ4v) is 6.44. The van der Waals surface area contributed by atoms with Crippen molar-refractivity contribution in [3.63, 3.8) is 0 Å². The molecule has 2 aliphatic heterocycles. The highest BCUT2D eigenvalue weighted by Crippen LogP contribution is 2.38. The molecule has 0 bridgehead atoms. The minimum atomic E-state index is -1.59. The Morgan fingerprint density at radius 1 is 1.10 bits per heavy atom. The average Bonchev–Trinajstić information content (AvgIpc) is 2.88. The first-order valence-electron chi connectivity index (χ1n) is 14.6. The molecule has 11 atom stereocenters. The number of ketones is 2. The van der Waals surface area contributed by atoms with E-state index >= 15 is 0 Å². The Labute approximate surface area is 240 Å². The third kappa shape index (κ3) is 7.59. The Hall–Kier alpha value is -1.65. The highest BCUT2D eigenvalue weighted by atomic mass is 16.7. The van der Waals surface area contributed by atoms with E-state index in [1.54, 1.807) is 27.9 Å². The lowest BCUT2D eigenvalue weighted by Crippen LogP contribution is -2.57. The smallest absolute Gasteiger partial charge is 0.316 e. The summed E-state index contributed by atoms with van der Waals surface area (Å²) in [7, 11) is 5.60. The number of allylic oxidation sites excluding steroid dienone is 1. The van der Waals surface area contributed by atoms with Crippen molar-refractivity contribution in [2.75, 3.05) is 21.2 Å². The van der Waals surface area contributed by atoms with E-state index < -0.39 is 53.4 Å². The van der Waals surface area contributed by atoms with Gasteiger partial charge in [-0.3, -0.25) is 14.4 Å². The third-order valence-corrected chi connectivity index (χ3v) is 9.01. The summed E-state index contributed by atoms with van der Waals surface area (Å²) in [5, 5.41) is 11.2. The van der Waals surface area contributed by atoms with Crippen LogP contribution in [0.2, 0.25) is 0 Å². The van der Waals surface area contributed by atoms with Crippen molar-refractivity contribution in [3.05, 3.63) is 11.6 Å². The molecule has 9 heteroatoms. The van der Waals surface area contributed by atoms with Crippen LogP contribution in [0.15, 0.2) is 11.6 Å². The molecule has 2 rings (SSSR count). The van der Waals surface area contributed by atoms with Crippen LogP contribution in [0.4, 0.5) is 0 Å². The van der Waals surface area contributed by atoms with Crippen LogP contribution in [0.5, 0.6) is 0 Å². The first-order chi connectivity index (χ1) is 18.4. The van der Waals surface area contributed by atoms with Gasteiger partial charge in [-0.25, -0.2) is 0 Å². The van der Waals surface area contributed by atoms with Gasteiger partial charge in [0.15, 0.2) is 17.9 Å². The van der Waals surface area contributed by atoms with Crippen molar-refractivity contribution < 1.29 is 38.4 Å². The lowest BCUT2D eigenvalue weighted by atomic mass is 9.76. The highest BCUT2D eigenvalue weighted by Gasteiger charge is 2.49. The SMILES string of the molecule is CC[C@H]1OC(=O)[C@H](C)C(=O)[C@H](C)[C@@H](OC2OC(C)CC(N(C)C)C2C)[C@](C)(OC)C[C@@H](C)C(=O)/C(C)=C/[C@]1(C)O. The first-order valence-corrected chi connectivity index (χ1v) is 14.6. The number of ether oxygens (including phenoxy) is 4. The number of carbonyl (C=O) groups is 3. The molecular formula is C31H53NO8. The number of aliphatic hydroxyl groups is 1. The number of methoxy groups -OCH3 is 1. The minimum absolute atomic E-state index is 0.0122. The summed E-state index contributed by atoms with van der Waals surface area (Å²) in [4.78, 5) is 42.7. The van der Waals surface area contributed by atoms with Gasteiger partial charge in [0.25, 0.3) is 0 Å². The number of Topliss-reactive ketones (excluding diaryl/α,β-unsaturated/α-hetero) is 2. The second-order valence-electron chi connectivity index (χ2n) is 12.8. The summed E-state index contributed by atoms with van der Waals surface area (Å²) in [6.45, 7) is 15.9. The van der Waals surface area contributed by atoms with Gasteiger partial charge in [-0.15, -0.1) is 0 Å². The quantitative estimate of drug-likeness (QED) is 0.390. The van der Waals surface area contributed by atoms with E-state index in [0.29, 0.717) is 12.0 Å². The molecule has 1 N–H and O–H groups in total. The maximum absolute atomic E-state index is 13.8. The molecule has 40 heavy (non-hydrogen) atoms. The van der Waals surface area contributed by atoms with Gasteiger partial charge in [0.05, 0.1) is 17.8 Å². The van der Waals surface area contributed by atoms with Gasteiger partial charge in [0, 0.05) is 30.9 Å². The molecule has 4 unspecified atom stereocenters. The van der Waals surface area contributed by atoms with Gasteiger partial charge in [0.1, 0.15) is 17.6 Å². The van der Waals surface area contributed by atoms with E-state index in [0.717, 1.165) is 6.42 Å². The van der Waals surface area contributed by atoms with E-state index in [1.807, 2.05) is 34.9 Å². The van der Waals surface area contributed by atoms with Gasteiger partial charge in [-0.2, -0.15) is 0 Å². The molecule has 0 spiro atoms. The molecule has 2 aliphatic rings. The lowest BCUT2D eigenvalue weighted by molar-refractivity contribution is -0.280. The minimum Gasteiger partial charge on any atom is -0.458 e. The van der Waals surface area contributed by atoms with Crippen LogP contribution in [0.25, 0.3) is 0 Å². The van der Waals surface area contributed by atoms with E-state index in [-0.39, 0.29) is 36.1 Å². The molecule has 0 aliphatic carbocycles. The predicted molar refractivity (Wildman–Crippen MR) is 153 cm³/mol. The molecule has 0 aromatic heterocycles. The van der Waals surface area contributed by atoms with Crippen LogP contribution in [-0.2, 0) is 33.3 Å². The Kier molecular flexibility index (Phi) is 11.7. The topological polar surface area (TPSA) is 112 Å². The molecule has 230 valence electrons. The zero-order valence-electron chi connectivity index (χ0n) is 26.6. The zero-order valence-corrected chi connectivity index (χ0v) is 26.6. The maximum Gasteiger partial charge on any atom is 0.316 e. The number of hydrogen-bond acceptors (Lipinski definition) is 9. The van der Waals surface area contributed by atoms with E-state index in [1.165, 1.54) is 19.9 Å². The van der Waals surface area contributed by atoms with Crippen LogP contribution >= 0.6 is 0 Å². The first kappa shape index (κ1) is 34.6. The van der Waals surface area contributed by atoms with Gasteiger partial charge < -0.3 is 29.0 Å². The molecular weight excluding hydrogens is 514 g/mol. The summed E-state index contributed by atoms with van der Waals surface area (Å²) in [6.07, 6.45) is 0.410. The van der Waals surface area contributed by atoms with Crippen LogP contribution in [0.1, 0.15) is 81.6 Å². The zero-order chi connectivity index (χ0) is 30.7. The standard InChI is InChI=1S/C31H53NO8/c1-13-24-30(8,36)15-17(2)25(33)18(3)16-31(9,37-12)27(21(6)26(34)22(7)28(35)39-24)40-29-20(5)23(32(10)11)14-19(4)38-29/h15,18-24,27,29,36H,13-14,16H2,1-12H3/b17-15+/t18-,19?,20?,21+,22-,23?,24-,27-,29?,30+,31-/m1/s1. The Morgan fingerprint density at radius 3 is 2.23 bits per heavy atom. The number of cyclic esters (lactones) is 1. The number of rotatable bonds is 5. The average molecular weight is 568 g/mol. The maximum atomic E-state index is 13.8. The summed E-state index contributed by atoms with van der Waals surface area (Å²) < 4.78 is 24.7. The van der Waals surface area contributed by atoms with Crippen molar-refractivity contribution >= 4 is 17.5 Å². The van der Waals surface area contributed by atoms with E-state index in [9.17, 15) is 19.5 Å². The fourth-order valence-electron chi connectivity index (χ4n) is 6.44. The summed E-state index contributed by atoms with van der Waals surface area (Å²) in [5.74, 6) is -3.67. The van der Waals surface area contributed by atoms with Crippen molar-refractivity contribution in [1.82, 2.24) is 4.90 Å². The van der Waals surface area contributed by atoms with E-state index in [2.05, 4.69) is 11.8 Å². The van der Waals surface area contributed by atoms with Crippen LogP contribution in [0.3, 0.4) is 0 Å². The highest BCUT2D eigenvalue weighted by molar-refractivity contribution is 6.00. The fraction of sp³-hybridized carbons (Fsp3) is 0.839. The van der Waals surface area contributed by atoms with Crippen molar-refractivity contribution in [1.29, 1.82) is 0 Å². The number of carbonyl (C=O) groups excluding carboxylic acids is 3. The summed E-state index contributed by atoms with van der Waals surface area (Å²) in [6, 6.07) is 0.202. The second-order valence-corrected chi connectivity index (χ2v) is 12.8. The van der Waals surface area contributed by atoms with Crippen LogP contribution in [-0.4, -0.2) is 90.6 Å². The molecule has 1 fully saturated rings. The normalized spacial score (nSPS) is 44.1. The molecule has 0 aromatic rings. The van der Waals surface area contributed by atoms with Crippen molar-refractivity contribution in [2.24, 2.45) is 23.7 Å². The van der Waals surface area contributed by atoms with Gasteiger partial charge in [-0.1, -0.05) is 27.7 Å². The van der Waals surface area contributed by atoms with Crippen LogP contribution < -0.4 is 0 Å². The summed E-state index contributed by atoms with van der Waals surface area (Å²) in [5.41, 5.74) is -2.31. The monoisotopic (exact) mass is 567 g/mol. The molecule has 0 saturated carbocycles. The molecule has 9 nitrogen and oxygen atoms in total. The molecule has 0 radical (unpaired) electrons. The largest absolute Gasteiger partial charge is 0.458 e. The number of nitrogens with zero attached hydrogens (tertiary/aromatic N) is 1. The van der Waals surface area contributed by atoms with Gasteiger partial charge in [-0.05, 0) is 79.6 Å². The molecule has 0 aromatic carbocycles. The molecule has 1 saturated heterocycles. The molecule has 2 heterocycles. The predicted octanol–water partition coefficient (Wildman–Crippen LogP) is 3.95. The Bertz CT molecular complexity index is 946. The Morgan fingerprint density at radius 2 is 1.70 bits per heavy atom. The van der Waals surface area contributed by atoms with Crippen molar-refractivity contribution in [2.45, 2.75) is 123 Å². The lowest BCUT2D eigenvalue weighted by Gasteiger charge is -2.47.